The van der Waals surface area contributed by atoms with Gasteiger partial charge in [0.15, 0.2) is 6.10 Å². The van der Waals surface area contributed by atoms with Crippen LogP contribution in [0, 0.1) is 6.92 Å². The minimum absolute atomic E-state index is 0.0998. The van der Waals surface area contributed by atoms with Crippen molar-refractivity contribution in [3.05, 3.63) is 59.7 Å². The summed E-state index contributed by atoms with van der Waals surface area (Å²) < 4.78 is 11.1. The Labute approximate surface area is 143 Å². The number of carbonyl (C=O) groups is 1. The van der Waals surface area contributed by atoms with Gasteiger partial charge in [-0.1, -0.05) is 29.8 Å². The number of hydrogen-bond acceptors (Lipinski definition) is 3. The molecule has 0 fully saturated rings. The normalized spacial score (nSPS) is 13.0. The van der Waals surface area contributed by atoms with Gasteiger partial charge in [0.05, 0.1) is 12.6 Å². The average molecular weight is 327 g/mol. The SMILES string of the molecule is CCOc1ccc([C@@H](C)NC(=O)[C@H](C)Oc2ccc(C)cc2)cc1. The summed E-state index contributed by atoms with van der Waals surface area (Å²) in [5, 5.41) is 2.97. The fraction of sp³-hybridized carbons (Fsp3) is 0.350. The van der Waals surface area contributed by atoms with Crippen LogP contribution in [0.2, 0.25) is 0 Å². The van der Waals surface area contributed by atoms with Gasteiger partial charge in [0.1, 0.15) is 11.5 Å². The highest BCUT2D eigenvalue weighted by Crippen LogP contribution is 2.18. The lowest BCUT2D eigenvalue weighted by atomic mass is 10.1. The van der Waals surface area contributed by atoms with Gasteiger partial charge in [-0.05, 0) is 57.5 Å². The first-order chi connectivity index (χ1) is 11.5. The molecule has 0 unspecified atom stereocenters. The summed E-state index contributed by atoms with van der Waals surface area (Å²) in [7, 11) is 0. The zero-order valence-corrected chi connectivity index (χ0v) is 14.7. The van der Waals surface area contributed by atoms with Gasteiger partial charge in [0, 0.05) is 0 Å². The van der Waals surface area contributed by atoms with Crippen molar-refractivity contribution in [2.24, 2.45) is 0 Å². The van der Waals surface area contributed by atoms with Gasteiger partial charge in [-0.2, -0.15) is 0 Å². The van der Waals surface area contributed by atoms with E-state index in [0.29, 0.717) is 12.4 Å². The maximum absolute atomic E-state index is 12.3. The predicted molar refractivity (Wildman–Crippen MR) is 95.4 cm³/mol. The Balaban J connectivity index is 1.91. The number of nitrogens with one attached hydrogen (secondary N) is 1. The molecule has 2 rings (SSSR count). The van der Waals surface area contributed by atoms with Crippen LogP contribution in [0.1, 0.15) is 37.9 Å². The van der Waals surface area contributed by atoms with E-state index in [-0.39, 0.29) is 11.9 Å². The molecule has 2 aromatic rings. The Hall–Kier alpha value is -2.49. The minimum atomic E-state index is -0.558. The molecule has 128 valence electrons. The third kappa shape index (κ3) is 5.01. The van der Waals surface area contributed by atoms with Crippen LogP contribution in [-0.4, -0.2) is 18.6 Å². The van der Waals surface area contributed by atoms with Crippen LogP contribution in [0.5, 0.6) is 11.5 Å². The van der Waals surface area contributed by atoms with Crippen molar-refractivity contribution in [3.63, 3.8) is 0 Å². The highest BCUT2D eigenvalue weighted by molar-refractivity contribution is 5.81. The lowest BCUT2D eigenvalue weighted by Gasteiger charge is -2.19. The molecular formula is C20H25NO3. The second-order valence-electron chi connectivity index (χ2n) is 5.81. The first kappa shape index (κ1) is 17.9. The molecule has 0 spiro atoms. The molecule has 0 aliphatic carbocycles. The largest absolute Gasteiger partial charge is 0.494 e. The van der Waals surface area contributed by atoms with Crippen molar-refractivity contribution in [2.45, 2.75) is 39.8 Å². The van der Waals surface area contributed by atoms with Crippen molar-refractivity contribution in [2.75, 3.05) is 6.61 Å². The predicted octanol–water partition coefficient (Wildman–Crippen LogP) is 4.04. The maximum Gasteiger partial charge on any atom is 0.261 e. The lowest BCUT2D eigenvalue weighted by Crippen LogP contribution is -2.37. The van der Waals surface area contributed by atoms with E-state index in [1.165, 1.54) is 0 Å². The molecule has 0 aliphatic rings. The first-order valence-corrected chi connectivity index (χ1v) is 8.26. The Morgan fingerprint density at radius 2 is 1.58 bits per heavy atom. The van der Waals surface area contributed by atoms with Crippen LogP contribution in [0.4, 0.5) is 0 Å². The smallest absolute Gasteiger partial charge is 0.261 e. The third-order valence-electron chi connectivity index (χ3n) is 3.75. The van der Waals surface area contributed by atoms with Gasteiger partial charge < -0.3 is 14.8 Å². The summed E-state index contributed by atoms with van der Waals surface area (Å²) in [6.07, 6.45) is -0.558. The molecule has 0 saturated heterocycles. The Kier molecular flexibility index (Phi) is 6.24. The Morgan fingerprint density at radius 1 is 1.00 bits per heavy atom. The molecule has 0 aromatic heterocycles. The molecule has 24 heavy (non-hydrogen) atoms. The summed E-state index contributed by atoms with van der Waals surface area (Å²) in [6.45, 7) is 8.30. The number of rotatable bonds is 7. The molecule has 1 amide bonds. The van der Waals surface area contributed by atoms with Gasteiger partial charge in [-0.15, -0.1) is 0 Å². The third-order valence-corrected chi connectivity index (χ3v) is 3.75. The number of carbonyl (C=O) groups excluding carboxylic acids is 1. The van der Waals surface area contributed by atoms with E-state index in [1.54, 1.807) is 6.92 Å². The van der Waals surface area contributed by atoms with Gasteiger partial charge >= 0.3 is 0 Å². The topological polar surface area (TPSA) is 47.6 Å². The standard InChI is InChI=1S/C20H25NO3/c1-5-23-18-12-8-17(9-13-18)15(3)21-20(22)16(4)24-19-10-6-14(2)7-11-19/h6-13,15-16H,5H2,1-4H3,(H,21,22)/t15-,16+/m1/s1. The fourth-order valence-electron chi connectivity index (χ4n) is 2.31. The van der Waals surface area contributed by atoms with Crippen LogP contribution >= 0.6 is 0 Å². The molecule has 4 nitrogen and oxygen atoms in total. The summed E-state index contributed by atoms with van der Waals surface area (Å²) in [5.74, 6) is 1.38. The lowest BCUT2D eigenvalue weighted by molar-refractivity contribution is -0.127. The second-order valence-corrected chi connectivity index (χ2v) is 5.81. The van der Waals surface area contributed by atoms with Gasteiger partial charge in [-0.25, -0.2) is 0 Å². The zero-order valence-electron chi connectivity index (χ0n) is 14.7. The van der Waals surface area contributed by atoms with E-state index < -0.39 is 6.10 Å². The van der Waals surface area contributed by atoms with E-state index in [0.717, 1.165) is 16.9 Å². The van der Waals surface area contributed by atoms with Crippen molar-refractivity contribution >= 4 is 5.91 Å². The van der Waals surface area contributed by atoms with Crippen molar-refractivity contribution < 1.29 is 14.3 Å². The molecule has 2 atom stereocenters. The van der Waals surface area contributed by atoms with E-state index in [4.69, 9.17) is 9.47 Å². The Morgan fingerprint density at radius 3 is 2.17 bits per heavy atom. The molecule has 0 heterocycles. The van der Waals surface area contributed by atoms with Crippen LogP contribution in [0.15, 0.2) is 48.5 Å². The first-order valence-electron chi connectivity index (χ1n) is 8.26. The summed E-state index contributed by atoms with van der Waals surface area (Å²) in [6, 6.07) is 15.3. The van der Waals surface area contributed by atoms with E-state index >= 15 is 0 Å². The maximum atomic E-state index is 12.3. The van der Waals surface area contributed by atoms with E-state index in [1.807, 2.05) is 69.3 Å². The minimum Gasteiger partial charge on any atom is -0.494 e. The number of benzene rings is 2. The molecule has 0 aliphatic heterocycles. The van der Waals surface area contributed by atoms with Crippen LogP contribution in [-0.2, 0) is 4.79 Å². The number of ether oxygens (including phenoxy) is 2. The van der Waals surface area contributed by atoms with Crippen LogP contribution in [0.3, 0.4) is 0 Å². The summed E-state index contributed by atoms with van der Waals surface area (Å²) in [4.78, 5) is 12.3. The van der Waals surface area contributed by atoms with Crippen molar-refractivity contribution in [3.8, 4) is 11.5 Å². The summed E-state index contributed by atoms with van der Waals surface area (Å²) >= 11 is 0. The van der Waals surface area contributed by atoms with Gasteiger partial charge in [-0.3, -0.25) is 4.79 Å². The highest BCUT2D eigenvalue weighted by Gasteiger charge is 2.17. The van der Waals surface area contributed by atoms with E-state index in [9.17, 15) is 4.79 Å². The average Bonchev–Trinajstić information content (AvgIpc) is 2.57. The second kappa shape index (κ2) is 8.39. The zero-order chi connectivity index (χ0) is 17.5. The van der Waals surface area contributed by atoms with Crippen LogP contribution < -0.4 is 14.8 Å². The number of amides is 1. The monoisotopic (exact) mass is 327 g/mol. The quantitative estimate of drug-likeness (QED) is 0.835. The molecule has 0 bridgehead atoms. The summed E-state index contributed by atoms with van der Waals surface area (Å²) in [5.41, 5.74) is 2.18. The van der Waals surface area contributed by atoms with Crippen LogP contribution in [0.25, 0.3) is 0 Å². The molecule has 1 N–H and O–H groups in total. The van der Waals surface area contributed by atoms with Gasteiger partial charge in [0.25, 0.3) is 5.91 Å². The van der Waals surface area contributed by atoms with Gasteiger partial charge in [0.2, 0.25) is 0 Å². The fourth-order valence-corrected chi connectivity index (χ4v) is 2.31. The molecule has 0 saturated carbocycles. The molecule has 4 heteroatoms. The highest BCUT2D eigenvalue weighted by atomic mass is 16.5. The Bertz CT molecular complexity index is 650. The molecule has 2 aromatic carbocycles. The van der Waals surface area contributed by atoms with Crippen molar-refractivity contribution in [1.29, 1.82) is 0 Å². The number of hydrogen-bond donors (Lipinski definition) is 1. The molecule has 0 radical (unpaired) electrons. The van der Waals surface area contributed by atoms with E-state index in [2.05, 4.69) is 5.32 Å². The van der Waals surface area contributed by atoms with Crippen molar-refractivity contribution in [1.82, 2.24) is 5.32 Å². The molecular weight excluding hydrogens is 302 g/mol. The number of aryl methyl sites for hydroxylation is 1.